The van der Waals surface area contributed by atoms with Crippen LogP contribution in [0.25, 0.3) is 11.2 Å². The summed E-state index contributed by atoms with van der Waals surface area (Å²) >= 11 is 0. The summed E-state index contributed by atoms with van der Waals surface area (Å²) < 4.78 is 70.5. The molecular weight excluding hydrogens is 778 g/mol. The van der Waals surface area contributed by atoms with Crippen molar-refractivity contribution < 1.29 is 35.7 Å². The Hall–Kier alpha value is -4.95. The van der Waals surface area contributed by atoms with Crippen molar-refractivity contribution in [3.05, 3.63) is 144 Å². The molecule has 2 heterocycles. The maximum Gasteiger partial charge on any atom is 0.356 e. The molecule has 0 saturated carbocycles. The van der Waals surface area contributed by atoms with Gasteiger partial charge in [-0.05, 0) is 82.0 Å². The van der Waals surface area contributed by atoms with Crippen molar-refractivity contribution in [1.29, 1.82) is 0 Å². The van der Waals surface area contributed by atoms with E-state index in [1.54, 1.807) is 57.8 Å². The predicted molar refractivity (Wildman–Crippen MR) is 224 cm³/mol. The standard InChI is InChI=1S/C43H50N5O8PS/c1-31(2)55-57(49,56-32(3)4)30-53-26-25-37(27-54-58(50,51)39-23-17-33(5)18-24-39)48-29-46-40-41(44-28-45-42(40)48)47-43(34-13-9-7-10-14-34,35-15-11-8-12-16-35)36-19-21-38(52-6)22-20-36/h7-24,28-29,31-32,37H,25-27,30H2,1-6H3,(H,44,45,47). The summed E-state index contributed by atoms with van der Waals surface area (Å²) in [4.78, 5) is 14.2. The molecule has 0 radical (unpaired) electrons. The van der Waals surface area contributed by atoms with E-state index in [1.165, 1.54) is 18.5 Å². The van der Waals surface area contributed by atoms with E-state index in [0.717, 1.165) is 22.3 Å². The molecule has 0 aliphatic rings. The minimum atomic E-state index is -4.14. The summed E-state index contributed by atoms with van der Waals surface area (Å²) in [7, 11) is -6.10. The molecule has 6 rings (SSSR count). The Morgan fingerprint density at radius 2 is 1.36 bits per heavy atom. The Bertz CT molecular complexity index is 2340. The predicted octanol–water partition coefficient (Wildman–Crippen LogP) is 8.90. The van der Waals surface area contributed by atoms with Gasteiger partial charge in [0.05, 0.1) is 43.2 Å². The van der Waals surface area contributed by atoms with E-state index in [4.69, 9.17) is 32.7 Å². The second-order valence-electron chi connectivity index (χ2n) is 14.3. The minimum Gasteiger partial charge on any atom is -0.497 e. The molecular formula is C43H50N5O8PS. The van der Waals surface area contributed by atoms with Gasteiger partial charge < -0.3 is 28.4 Å². The highest BCUT2D eigenvalue weighted by molar-refractivity contribution is 7.86. The van der Waals surface area contributed by atoms with Crippen LogP contribution in [0.15, 0.2) is 127 Å². The minimum absolute atomic E-state index is 0.0340. The van der Waals surface area contributed by atoms with Gasteiger partial charge in [0.15, 0.2) is 11.5 Å². The first-order chi connectivity index (χ1) is 27.8. The van der Waals surface area contributed by atoms with Crippen LogP contribution < -0.4 is 10.1 Å². The van der Waals surface area contributed by atoms with Crippen molar-refractivity contribution in [3.63, 3.8) is 0 Å². The molecule has 0 aliphatic carbocycles. The summed E-state index contributed by atoms with van der Waals surface area (Å²) in [6.45, 7) is 8.75. The summed E-state index contributed by atoms with van der Waals surface area (Å²) in [6, 6.07) is 33.8. The van der Waals surface area contributed by atoms with Gasteiger partial charge in [0.25, 0.3) is 10.1 Å². The van der Waals surface area contributed by atoms with E-state index in [9.17, 15) is 13.0 Å². The maximum absolute atomic E-state index is 13.5. The highest BCUT2D eigenvalue weighted by Crippen LogP contribution is 2.50. The van der Waals surface area contributed by atoms with Gasteiger partial charge in [-0.2, -0.15) is 8.42 Å². The lowest BCUT2D eigenvalue weighted by Gasteiger charge is -2.37. The fourth-order valence-electron chi connectivity index (χ4n) is 6.69. The molecule has 0 spiro atoms. The van der Waals surface area contributed by atoms with E-state index in [-0.39, 0.29) is 43.1 Å². The first-order valence-corrected chi connectivity index (χ1v) is 22.2. The van der Waals surface area contributed by atoms with Crippen LogP contribution in [-0.4, -0.2) is 66.8 Å². The molecule has 2 aromatic heterocycles. The van der Waals surface area contributed by atoms with E-state index in [1.807, 2.05) is 67.6 Å². The molecule has 0 saturated heterocycles. The number of imidazole rings is 1. The fourth-order valence-corrected chi connectivity index (χ4v) is 9.44. The second kappa shape index (κ2) is 18.8. The van der Waals surface area contributed by atoms with Gasteiger partial charge in [-0.15, -0.1) is 0 Å². The zero-order chi connectivity index (χ0) is 41.3. The average Bonchev–Trinajstić information content (AvgIpc) is 3.65. The summed E-state index contributed by atoms with van der Waals surface area (Å²) in [6.07, 6.45) is 2.27. The number of ether oxygens (including phenoxy) is 2. The Balaban J connectivity index is 1.38. The third kappa shape index (κ3) is 10.0. The largest absolute Gasteiger partial charge is 0.497 e. The van der Waals surface area contributed by atoms with Gasteiger partial charge >= 0.3 is 7.60 Å². The van der Waals surface area contributed by atoms with Crippen molar-refractivity contribution in [1.82, 2.24) is 19.5 Å². The molecule has 15 heteroatoms. The molecule has 1 unspecified atom stereocenters. The van der Waals surface area contributed by atoms with Crippen molar-refractivity contribution in [2.45, 2.75) is 69.7 Å². The SMILES string of the molecule is COc1ccc(C(Nc2ncnc3c2ncn3C(CCOCP(=O)(OC(C)C)OC(C)C)COS(=O)(=O)c2ccc(C)cc2)(c2ccccc2)c2ccccc2)cc1. The monoisotopic (exact) mass is 827 g/mol. The van der Waals surface area contributed by atoms with Crippen molar-refractivity contribution in [3.8, 4) is 5.75 Å². The molecule has 4 aromatic carbocycles. The van der Waals surface area contributed by atoms with E-state index >= 15 is 0 Å². The van der Waals surface area contributed by atoms with Gasteiger partial charge in [0, 0.05) is 6.61 Å². The number of hydrogen-bond donors (Lipinski definition) is 1. The Morgan fingerprint density at radius 3 is 1.93 bits per heavy atom. The highest BCUT2D eigenvalue weighted by atomic mass is 32.2. The number of aromatic nitrogens is 4. The van der Waals surface area contributed by atoms with E-state index in [2.05, 4.69) is 34.6 Å². The Morgan fingerprint density at radius 1 is 0.776 bits per heavy atom. The van der Waals surface area contributed by atoms with E-state index < -0.39 is 29.3 Å². The van der Waals surface area contributed by atoms with Crippen LogP contribution in [0.2, 0.25) is 0 Å². The van der Waals surface area contributed by atoms with Crippen LogP contribution in [0, 0.1) is 6.92 Å². The van der Waals surface area contributed by atoms with Gasteiger partial charge in [-0.1, -0.05) is 90.5 Å². The normalized spacial score (nSPS) is 13.0. The zero-order valence-corrected chi connectivity index (χ0v) is 35.2. The van der Waals surface area contributed by atoms with Crippen molar-refractivity contribution in [2.24, 2.45) is 0 Å². The second-order valence-corrected chi connectivity index (χ2v) is 17.8. The van der Waals surface area contributed by atoms with Crippen molar-refractivity contribution in [2.75, 3.05) is 32.0 Å². The lowest BCUT2D eigenvalue weighted by molar-refractivity contribution is 0.0911. The van der Waals surface area contributed by atoms with Crippen LogP contribution in [0.5, 0.6) is 5.75 Å². The number of anilines is 1. The van der Waals surface area contributed by atoms with Gasteiger partial charge in [-0.3, -0.25) is 8.75 Å². The molecule has 58 heavy (non-hydrogen) atoms. The number of nitrogens with zero attached hydrogens (tertiary/aromatic N) is 4. The number of fused-ring (bicyclic) bond motifs is 1. The molecule has 0 aliphatic heterocycles. The molecule has 0 amide bonds. The summed E-state index contributed by atoms with van der Waals surface area (Å²) in [5, 5.41) is 3.78. The van der Waals surface area contributed by atoms with Crippen LogP contribution >= 0.6 is 7.60 Å². The lowest BCUT2D eigenvalue weighted by Crippen LogP contribution is -2.38. The smallest absolute Gasteiger partial charge is 0.356 e. The average molecular weight is 828 g/mol. The Kier molecular flexibility index (Phi) is 13.8. The third-order valence-electron chi connectivity index (χ3n) is 9.31. The van der Waals surface area contributed by atoms with Crippen molar-refractivity contribution >= 4 is 34.7 Å². The lowest BCUT2D eigenvalue weighted by atomic mass is 9.77. The van der Waals surface area contributed by atoms with Crippen LogP contribution in [0.3, 0.4) is 0 Å². The molecule has 13 nitrogen and oxygen atoms in total. The molecule has 0 bridgehead atoms. The highest BCUT2D eigenvalue weighted by Gasteiger charge is 2.38. The summed E-state index contributed by atoms with van der Waals surface area (Å²) in [5.41, 5.74) is 3.65. The van der Waals surface area contributed by atoms with Crippen LogP contribution in [0.4, 0.5) is 5.82 Å². The Labute approximate surface area is 340 Å². The topological polar surface area (TPSA) is 153 Å². The maximum atomic E-state index is 13.5. The fraction of sp³-hybridized carbons (Fsp3) is 0.326. The number of methoxy groups -OCH3 is 1. The third-order valence-corrected chi connectivity index (χ3v) is 12.6. The first-order valence-electron chi connectivity index (χ1n) is 19.0. The molecule has 0 fully saturated rings. The van der Waals surface area contributed by atoms with Gasteiger partial charge in [-0.25, -0.2) is 15.0 Å². The molecule has 306 valence electrons. The quantitative estimate of drug-likeness (QED) is 0.0339. The molecule has 1 atom stereocenters. The number of nitrogens with one attached hydrogen (secondary N) is 1. The number of hydrogen-bond acceptors (Lipinski definition) is 12. The number of benzene rings is 4. The van der Waals surface area contributed by atoms with Gasteiger partial charge in [0.2, 0.25) is 0 Å². The number of aryl methyl sites for hydroxylation is 1. The summed E-state index contributed by atoms with van der Waals surface area (Å²) in [5.74, 6) is 1.15. The molecule has 1 N–H and O–H groups in total. The first kappa shape index (κ1) is 42.7. The van der Waals surface area contributed by atoms with E-state index in [0.29, 0.717) is 22.7 Å². The number of rotatable bonds is 20. The van der Waals surface area contributed by atoms with Gasteiger partial charge in [0.1, 0.15) is 29.5 Å². The van der Waals surface area contributed by atoms with Crippen LogP contribution in [-0.2, 0) is 38.2 Å². The van der Waals surface area contributed by atoms with Crippen LogP contribution in [0.1, 0.15) is 62.4 Å². The zero-order valence-electron chi connectivity index (χ0n) is 33.5. The molecule has 6 aromatic rings.